The molecule has 0 aromatic heterocycles. The van der Waals surface area contributed by atoms with Gasteiger partial charge in [-0.25, -0.2) is 0 Å². The molecule has 218 valence electrons. The molecule has 0 unspecified atom stereocenters. The summed E-state index contributed by atoms with van der Waals surface area (Å²) in [5.41, 5.74) is 0. The van der Waals surface area contributed by atoms with Crippen molar-refractivity contribution in [1.82, 2.24) is 0 Å². The highest BCUT2D eigenvalue weighted by Crippen LogP contribution is 2.39. The summed E-state index contributed by atoms with van der Waals surface area (Å²) in [6, 6.07) is 0. The molecule has 6 heteroatoms. The Morgan fingerprint density at radius 3 is 0.811 bits per heavy atom. The molecule has 12 atom stereocenters. The number of hydrogen-bond acceptors (Lipinski definition) is 6. The molecule has 0 aliphatic carbocycles. The fourth-order valence-corrected chi connectivity index (χ4v) is 6.87. The van der Waals surface area contributed by atoms with Gasteiger partial charge < -0.3 is 28.4 Å². The summed E-state index contributed by atoms with van der Waals surface area (Å²) in [5.74, 6) is 5.72. The minimum absolute atomic E-state index is 0. The summed E-state index contributed by atoms with van der Waals surface area (Å²) >= 11 is 0. The molecular weight excluding hydrogens is 468 g/mol. The van der Waals surface area contributed by atoms with Crippen molar-refractivity contribution in [3.63, 3.8) is 0 Å². The molecule has 0 aromatic rings. The van der Waals surface area contributed by atoms with Crippen LogP contribution in [0.15, 0.2) is 0 Å². The second-order valence-corrected chi connectivity index (χ2v) is 13.4. The molecule has 6 aliphatic rings. The van der Waals surface area contributed by atoms with Gasteiger partial charge in [-0.1, -0.05) is 69.7 Å². The van der Waals surface area contributed by atoms with Gasteiger partial charge in [-0.2, -0.15) is 0 Å². The zero-order valence-electron chi connectivity index (χ0n) is 24.4. The zero-order chi connectivity index (χ0) is 26.1. The van der Waals surface area contributed by atoms with E-state index >= 15 is 0 Å². The molecular formula is C31H58O6. The van der Waals surface area contributed by atoms with Gasteiger partial charge in [-0.05, 0) is 17.8 Å². The number of rotatable bonds is 3. The quantitative estimate of drug-likeness (QED) is 0.469. The normalized spacial score (nSPS) is 45.7. The Labute approximate surface area is 227 Å². The molecule has 0 saturated carbocycles. The maximum atomic E-state index is 5.74. The Kier molecular flexibility index (Phi) is 11.3. The van der Waals surface area contributed by atoms with Crippen LogP contribution in [0.5, 0.6) is 0 Å². The first kappa shape index (κ1) is 31.3. The first-order valence-electron chi connectivity index (χ1n) is 14.8. The van der Waals surface area contributed by atoms with Crippen LogP contribution >= 0.6 is 0 Å². The van der Waals surface area contributed by atoms with Gasteiger partial charge in [0.15, 0.2) is 0 Å². The van der Waals surface area contributed by atoms with Crippen molar-refractivity contribution < 1.29 is 28.4 Å². The third-order valence-electron chi connectivity index (χ3n) is 9.59. The first-order chi connectivity index (χ1) is 17.1. The molecule has 0 spiro atoms. The first-order valence-corrected chi connectivity index (χ1v) is 14.8. The fraction of sp³-hybridized carbons (Fsp3) is 1.00. The molecule has 0 N–H and O–H groups in total. The summed E-state index contributed by atoms with van der Waals surface area (Å²) in [4.78, 5) is 0. The molecule has 0 aromatic carbocycles. The topological polar surface area (TPSA) is 55.4 Å². The van der Waals surface area contributed by atoms with Gasteiger partial charge in [0.25, 0.3) is 0 Å². The lowest BCUT2D eigenvalue weighted by Crippen LogP contribution is -2.27. The van der Waals surface area contributed by atoms with Gasteiger partial charge in [0.2, 0.25) is 0 Å². The van der Waals surface area contributed by atoms with Gasteiger partial charge in [0.1, 0.15) is 0 Å². The van der Waals surface area contributed by atoms with Gasteiger partial charge in [-0.3, -0.25) is 0 Å². The summed E-state index contributed by atoms with van der Waals surface area (Å²) in [6.45, 7) is 25.5. The minimum Gasteiger partial charge on any atom is -0.375 e. The van der Waals surface area contributed by atoms with E-state index in [-0.39, 0.29) is 7.43 Å². The van der Waals surface area contributed by atoms with Gasteiger partial charge >= 0.3 is 0 Å². The smallest absolute Gasteiger partial charge is 0.0892 e. The van der Waals surface area contributed by atoms with Crippen LogP contribution in [0.2, 0.25) is 0 Å². The monoisotopic (exact) mass is 526 g/mol. The van der Waals surface area contributed by atoms with Crippen LogP contribution in [0, 0.1) is 53.3 Å². The number of fused-ring (bicyclic) bond motifs is 3. The lowest BCUT2D eigenvalue weighted by molar-refractivity contribution is 0.0549. The third-order valence-corrected chi connectivity index (χ3v) is 9.59. The van der Waals surface area contributed by atoms with Crippen molar-refractivity contribution in [2.75, 3.05) is 39.6 Å². The van der Waals surface area contributed by atoms with E-state index in [9.17, 15) is 0 Å². The molecule has 6 heterocycles. The average molecular weight is 527 g/mol. The van der Waals surface area contributed by atoms with Gasteiger partial charge in [0.05, 0.1) is 76.3 Å². The van der Waals surface area contributed by atoms with Crippen LogP contribution in [-0.2, 0) is 28.4 Å². The van der Waals surface area contributed by atoms with Crippen LogP contribution < -0.4 is 0 Å². The van der Waals surface area contributed by atoms with Crippen molar-refractivity contribution in [2.24, 2.45) is 53.3 Å². The van der Waals surface area contributed by atoms with Crippen molar-refractivity contribution >= 4 is 0 Å². The van der Waals surface area contributed by atoms with Crippen molar-refractivity contribution in [1.29, 1.82) is 0 Å². The average Bonchev–Trinajstić information content (AvgIpc) is 3.62. The van der Waals surface area contributed by atoms with Crippen LogP contribution in [0.3, 0.4) is 0 Å². The van der Waals surface area contributed by atoms with E-state index in [0.717, 1.165) is 39.6 Å². The summed E-state index contributed by atoms with van der Waals surface area (Å²) in [6.07, 6.45) is 2.33. The maximum Gasteiger partial charge on any atom is 0.0892 e. The van der Waals surface area contributed by atoms with Crippen molar-refractivity contribution in [3.05, 3.63) is 0 Å². The van der Waals surface area contributed by atoms with Crippen molar-refractivity contribution in [2.45, 2.75) is 106 Å². The van der Waals surface area contributed by atoms with E-state index in [4.69, 9.17) is 28.4 Å². The van der Waals surface area contributed by atoms with E-state index in [1.165, 1.54) is 0 Å². The molecule has 0 bridgehead atoms. The van der Waals surface area contributed by atoms with Crippen molar-refractivity contribution in [3.8, 4) is 0 Å². The predicted octanol–water partition coefficient (Wildman–Crippen LogP) is 5.71. The van der Waals surface area contributed by atoms with Crippen LogP contribution in [0.1, 0.15) is 69.7 Å². The highest BCUT2D eigenvalue weighted by atomic mass is 16.6. The Morgan fingerprint density at radius 1 is 0.378 bits per heavy atom. The molecule has 6 fully saturated rings. The van der Waals surface area contributed by atoms with E-state index in [2.05, 4.69) is 62.3 Å². The van der Waals surface area contributed by atoms with Gasteiger partial charge in [0, 0.05) is 35.5 Å². The van der Waals surface area contributed by atoms with Gasteiger partial charge in [-0.15, -0.1) is 0 Å². The Bertz CT molecular complexity index is 592. The molecule has 6 saturated heterocycles. The number of hydrogen-bond donors (Lipinski definition) is 0. The molecule has 6 rings (SSSR count). The third kappa shape index (κ3) is 6.74. The van der Waals surface area contributed by atoms with Crippen LogP contribution in [0.25, 0.3) is 0 Å². The molecule has 0 amide bonds. The second kappa shape index (κ2) is 13.4. The SMILES string of the molecule is C.CC(C)[C@@H]1CO[C@H]2[C@@H]1OC[C@H]2C.CC(C)[C@H]1CO[C@H]2[C@@H]1OC[C@@H]2C.CC(C)[C@H]1CO[C@H]2[C@@H]1OC[C@H]2C. The molecule has 0 radical (unpaired) electrons. The number of ether oxygens (including phenoxy) is 6. The fourth-order valence-electron chi connectivity index (χ4n) is 6.87. The second-order valence-electron chi connectivity index (χ2n) is 13.4. The van der Waals surface area contributed by atoms with E-state index in [1.54, 1.807) is 0 Å². The minimum atomic E-state index is 0. The van der Waals surface area contributed by atoms with E-state index < -0.39 is 0 Å². The Balaban J connectivity index is 0.000000152. The maximum absolute atomic E-state index is 5.74. The highest BCUT2D eigenvalue weighted by molar-refractivity contribution is 4.95. The Morgan fingerprint density at radius 2 is 0.595 bits per heavy atom. The lowest BCUT2D eigenvalue weighted by Gasteiger charge is -2.19. The standard InChI is InChI=1S/3C10H18O2.CH4/c3*1-6(2)8-5-12-9-7(3)4-11-10(8)9;/h3*6-10H,4-5H2,1-3H3;1H4/t7-,8+,9+,10+;7-,8+,9-,10-;7-,8-,9-,10-;/m011./s1. The summed E-state index contributed by atoms with van der Waals surface area (Å²) < 4.78 is 34.4. The lowest BCUT2D eigenvalue weighted by atomic mass is 9.89. The highest BCUT2D eigenvalue weighted by Gasteiger charge is 2.48. The molecule has 6 aliphatic heterocycles. The Hall–Kier alpha value is -0.240. The summed E-state index contributed by atoms with van der Waals surface area (Å²) in [5, 5.41) is 0. The molecule has 6 nitrogen and oxygen atoms in total. The summed E-state index contributed by atoms with van der Waals surface area (Å²) in [7, 11) is 0. The molecule has 37 heavy (non-hydrogen) atoms. The van der Waals surface area contributed by atoms with E-state index in [1.807, 2.05) is 0 Å². The van der Waals surface area contributed by atoms with E-state index in [0.29, 0.717) is 89.9 Å². The largest absolute Gasteiger partial charge is 0.375 e. The van der Waals surface area contributed by atoms with Crippen LogP contribution in [0.4, 0.5) is 0 Å². The zero-order valence-corrected chi connectivity index (χ0v) is 24.4. The predicted molar refractivity (Wildman–Crippen MR) is 148 cm³/mol. The van der Waals surface area contributed by atoms with Crippen LogP contribution in [-0.4, -0.2) is 76.3 Å².